The Morgan fingerprint density at radius 3 is 0.714 bits per heavy atom. The monoisotopic (exact) mass is 236 g/mol. The molecule has 0 amide bonds. The van der Waals surface area contributed by atoms with Crippen LogP contribution in [0.2, 0.25) is 0 Å². The van der Waals surface area contributed by atoms with E-state index in [2.05, 4.69) is 0 Å². The van der Waals surface area contributed by atoms with Gasteiger partial charge in [-0.1, -0.05) is 4.48 Å². The van der Waals surface area contributed by atoms with Gasteiger partial charge in [-0.3, -0.25) is 0 Å². The van der Waals surface area contributed by atoms with Crippen molar-refractivity contribution in [3.05, 3.63) is 0 Å². The Bertz CT molecular complexity index is 170. The van der Waals surface area contributed by atoms with Gasteiger partial charge in [-0.2, -0.15) is 0 Å². The fraction of sp³-hybridized carbons (Fsp3) is 1.00. The summed E-state index contributed by atoms with van der Waals surface area (Å²) in [5, 5.41) is 0. The van der Waals surface area contributed by atoms with Crippen molar-refractivity contribution in [2.24, 2.45) is 0 Å². The summed E-state index contributed by atoms with van der Waals surface area (Å²) in [5.41, 5.74) is 0. The molecule has 0 aromatic heterocycles. The number of nitrogens with zero attached hydrogens (tertiary/aromatic N) is 1. The molecule has 0 aromatic rings. The molecule has 0 spiro atoms. The van der Waals surface area contributed by atoms with E-state index < -0.39 is 30.4 Å². The highest BCUT2D eigenvalue weighted by molar-refractivity contribution is 4.46. The molecule has 10 heteroatoms. The molecule has 0 aliphatic rings. The van der Waals surface area contributed by atoms with E-state index in [0.29, 0.717) is 0 Å². The number of quaternary nitrogens is 1. The van der Waals surface area contributed by atoms with Crippen LogP contribution in [0.25, 0.3) is 0 Å². The van der Waals surface area contributed by atoms with E-state index in [4.69, 9.17) is 0 Å². The first kappa shape index (κ1) is 13.3. The van der Waals surface area contributed by atoms with E-state index in [9.17, 15) is 39.5 Å². The van der Waals surface area contributed by atoms with Gasteiger partial charge in [0.25, 0.3) is 0 Å². The van der Waals surface area contributed by atoms with Crippen LogP contribution in [0, 0.1) is 0 Å². The molecule has 0 saturated carbocycles. The second-order valence-corrected chi connectivity index (χ2v) is 2.41. The molecule has 0 unspecified atom stereocenters. The van der Waals surface area contributed by atoms with Crippen LogP contribution >= 0.6 is 0 Å². The maximum atomic E-state index is 11.6. The Morgan fingerprint density at radius 1 is 0.571 bits per heavy atom. The normalized spacial score (nSPS) is 15.9. The summed E-state index contributed by atoms with van der Waals surface area (Å²) in [7, 11) is -1.00. The highest BCUT2D eigenvalue weighted by Gasteiger charge is 2.81. The Balaban J connectivity index is 5.54. The Kier molecular flexibility index (Phi) is 2.77. The minimum absolute atomic E-state index is 1.00. The van der Waals surface area contributed by atoms with Crippen LogP contribution in [0.5, 0.6) is 0 Å². The number of halogens is 9. The minimum Gasteiger partial charge on any atom is -0.115 e. The van der Waals surface area contributed by atoms with Gasteiger partial charge in [0.05, 0.1) is 7.05 Å². The zero-order chi connectivity index (χ0) is 12.0. The SMILES string of the molecule is C[N+](C(F)(F)F)(C(F)(F)F)C(F)(F)F. The standard InChI is InChI=1S/C4H3F9N/c1-14(2(5,6)7,3(8,9)10)4(11,12)13/h1H3/q+1. The van der Waals surface area contributed by atoms with Crippen LogP contribution < -0.4 is 0 Å². The first-order chi connectivity index (χ1) is 5.75. The van der Waals surface area contributed by atoms with Gasteiger partial charge in [-0.15, -0.1) is 39.5 Å². The number of hydrogen-bond donors (Lipinski definition) is 0. The van der Waals surface area contributed by atoms with Gasteiger partial charge in [-0.25, -0.2) is 0 Å². The highest BCUT2D eigenvalue weighted by atomic mass is 19.4. The molecule has 0 aliphatic carbocycles. The minimum atomic E-state index is -6.49. The van der Waals surface area contributed by atoms with E-state index in [1.807, 2.05) is 0 Å². The van der Waals surface area contributed by atoms with Crippen molar-refractivity contribution in [3.8, 4) is 0 Å². The zero-order valence-electron chi connectivity index (χ0n) is 6.35. The fourth-order valence-corrected chi connectivity index (χ4v) is 0.431. The van der Waals surface area contributed by atoms with E-state index in [0.717, 1.165) is 0 Å². The molecule has 0 rings (SSSR count). The summed E-state index contributed by atoms with van der Waals surface area (Å²) < 4.78 is 99.7. The van der Waals surface area contributed by atoms with Gasteiger partial charge < -0.3 is 0 Å². The number of alkyl halides is 9. The molecule has 0 aromatic carbocycles. The summed E-state index contributed by atoms with van der Waals surface area (Å²) in [6, 6.07) is 0. The molecule has 0 radical (unpaired) electrons. The van der Waals surface area contributed by atoms with E-state index in [1.54, 1.807) is 0 Å². The van der Waals surface area contributed by atoms with Crippen molar-refractivity contribution in [2.45, 2.75) is 18.9 Å². The Hall–Kier alpha value is -0.670. The lowest BCUT2D eigenvalue weighted by molar-refractivity contribution is -1.16. The quantitative estimate of drug-likeness (QED) is 0.344. The van der Waals surface area contributed by atoms with E-state index in [-0.39, 0.29) is 0 Å². The predicted octanol–water partition coefficient (Wildman–Crippen LogP) is 2.99. The summed E-state index contributed by atoms with van der Waals surface area (Å²) in [4.78, 5) is 0. The molecular formula is C4H3F9N+. The lowest BCUT2D eigenvalue weighted by Gasteiger charge is -2.35. The van der Waals surface area contributed by atoms with E-state index >= 15 is 0 Å². The molecule has 0 atom stereocenters. The molecule has 0 saturated heterocycles. The maximum Gasteiger partial charge on any atom is 0.575 e. The third-order valence-corrected chi connectivity index (χ3v) is 1.52. The van der Waals surface area contributed by atoms with Gasteiger partial charge in [0, 0.05) is 0 Å². The van der Waals surface area contributed by atoms with Crippen LogP contribution in [0.3, 0.4) is 0 Å². The van der Waals surface area contributed by atoms with Crippen molar-refractivity contribution in [1.82, 2.24) is 0 Å². The van der Waals surface area contributed by atoms with Gasteiger partial charge in [0.15, 0.2) is 0 Å². The average Bonchev–Trinajstić information content (AvgIpc) is 1.77. The molecule has 0 aliphatic heterocycles. The van der Waals surface area contributed by atoms with Crippen molar-refractivity contribution in [2.75, 3.05) is 7.05 Å². The molecular weight excluding hydrogens is 233 g/mol. The Morgan fingerprint density at radius 2 is 0.714 bits per heavy atom. The van der Waals surface area contributed by atoms with E-state index in [1.165, 1.54) is 0 Å². The number of hydrogen-bond acceptors (Lipinski definition) is 0. The second-order valence-electron chi connectivity index (χ2n) is 2.41. The molecule has 86 valence electrons. The van der Waals surface area contributed by atoms with Crippen LogP contribution in [0.4, 0.5) is 39.5 Å². The second kappa shape index (κ2) is 2.91. The van der Waals surface area contributed by atoms with Crippen LogP contribution in [0.1, 0.15) is 0 Å². The molecule has 0 heterocycles. The predicted molar refractivity (Wildman–Crippen MR) is 24.3 cm³/mol. The third kappa shape index (κ3) is 1.74. The average molecular weight is 236 g/mol. The zero-order valence-corrected chi connectivity index (χ0v) is 6.35. The number of rotatable bonds is 0. The summed E-state index contributed by atoms with van der Waals surface area (Å²) in [6.45, 7) is 0. The lowest BCUT2D eigenvalue weighted by Crippen LogP contribution is -2.70. The van der Waals surface area contributed by atoms with Crippen LogP contribution in [-0.2, 0) is 0 Å². The Labute approximate surface area is 71.3 Å². The fourth-order valence-electron chi connectivity index (χ4n) is 0.431. The molecule has 14 heavy (non-hydrogen) atoms. The topological polar surface area (TPSA) is 0 Å². The van der Waals surface area contributed by atoms with Gasteiger partial charge in [0.1, 0.15) is 0 Å². The summed E-state index contributed by atoms with van der Waals surface area (Å²) in [5.74, 6) is 0. The highest BCUT2D eigenvalue weighted by Crippen LogP contribution is 2.49. The molecule has 0 N–H and O–H groups in total. The first-order valence-corrected chi connectivity index (χ1v) is 2.82. The molecule has 0 fully saturated rings. The smallest absolute Gasteiger partial charge is 0.115 e. The van der Waals surface area contributed by atoms with Crippen molar-refractivity contribution in [1.29, 1.82) is 0 Å². The van der Waals surface area contributed by atoms with Gasteiger partial charge >= 0.3 is 18.9 Å². The van der Waals surface area contributed by atoms with Gasteiger partial charge in [-0.05, 0) is 0 Å². The van der Waals surface area contributed by atoms with Crippen molar-refractivity contribution < 1.29 is 44.0 Å². The van der Waals surface area contributed by atoms with Crippen molar-refractivity contribution >= 4 is 0 Å². The summed E-state index contributed by atoms with van der Waals surface area (Å²) in [6.07, 6.45) is -19.5. The first-order valence-electron chi connectivity index (χ1n) is 2.82. The third-order valence-electron chi connectivity index (χ3n) is 1.52. The molecule has 0 bridgehead atoms. The van der Waals surface area contributed by atoms with Gasteiger partial charge in [0.2, 0.25) is 0 Å². The maximum absolute atomic E-state index is 11.6. The largest absolute Gasteiger partial charge is 0.575 e. The summed E-state index contributed by atoms with van der Waals surface area (Å²) >= 11 is 0. The lowest BCUT2D eigenvalue weighted by atomic mass is 10.6. The van der Waals surface area contributed by atoms with Crippen LogP contribution in [0.15, 0.2) is 0 Å². The molecule has 1 nitrogen and oxygen atoms in total. The van der Waals surface area contributed by atoms with Crippen molar-refractivity contribution in [3.63, 3.8) is 0 Å². The van der Waals surface area contributed by atoms with Crippen LogP contribution in [-0.4, -0.2) is 30.4 Å².